The molecule has 2 rings (SSSR count). The number of rotatable bonds is 2. The van der Waals surface area contributed by atoms with Gasteiger partial charge < -0.3 is 10.5 Å². The molecular formula is C17H21NO. The van der Waals surface area contributed by atoms with Crippen molar-refractivity contribution in [3.05, 3.63) is 53.6 Å². The van der Waals surface area contributed by atoms with Gasteiger partial charge in [-0.15, -0.1) is 0 Å². The van der Waals surface area contributed by atoms with Crippen molar-refractivity contribution in [3.8, 4) is 11.5 Å². The van der Waals surface area contributed by atoms with Gasteiger partial charge >= 0.3 is 0 Å². The van der Waals surface area contributed by atoms with Crippen LogP contribution >= 0.6 is 0 Å². The van der Waals surface area contributed by atoms with Crippen LogP contribution in [0.3, 0.4) is 0 Å². The molecule has 0 aromatic heterocycles. The van der Waals surface area contributed by atoms with E-state index in [1.807, 2.05) is 30.3 Å². The Morgan fingerprint density at radius 1 is 1.00 bits per heavy atom. The average molecular weight is 255 g/mol. The number of aryl methyl sites for hydroxylation is 1. The number of benzene rings is 2. The quantitative estimate of drug-likeness (QED) is 0.792. The second-order valence-electron chi connectivity index (χ2n) is 5.92. The van der Waals surface area contributed by atoms with Gasteiger partial charge in [-0.25, -0.2) is 0 Å². The van der Waals surface area contributed by atoms with E-state index in [-0.39, 0.29) is 5.41 Å². The van der Waals surface area contributed by atoms with Gasteiger partial charge in [0, 0.05) is 17.3 Å². The van der Waals surface area contributed by atoms with E-state index < -0.39 is 0 Å². The maximum atomic E-state index is 5.99. The lowest BCUT2D eigenvalue weighted by molar-refractivity contribution is 0.455. The lowest BCUT2D eigenvalue weighted by atomic mass is 9.85. The van der Waals surface area contributed by atoms with Gasteiger partial charge in [0.15, 0.2) is 0 Å². The minimum atomic E-state index is 0.0433. The Labute approximate surface area is 115 Å². The van der Waals surface area contributed by atoms with E-state index in [0.29, 0.717) is 5.69 Å². The second kappa shape index (κ2) is 4.96. The molecule has 0 heterocycles. The highest BCUT2D eigenvalue weighted by Gasteiger charge is 2.19. The van der Waals surface area contributed by atoms with Crippen molar-refractivity contribution < 1.29 is 4.74 Å². The maximum Gasteiger partial charge on any atom is 0.131 e. The first-order valence-electron chi connectivity index (χ1n) is 6.51. The van der Waals surface area contributed by atoms with Crippen LogP contribution in [-0.4, -0.2) is 0 Å². The van der Waals surface area contributed by atoms with Crippen molar-refractivity contribution in [2.75, 3.05) is 5.73 Å². The summed E-state index contributed by atoms with van der Waals surface area (Å²) >= 11 is 0. The summed E-state index contributed by atoms with van der Waals surface area (Å²) in [5.41, 5.74) is 8.98. The predicted molar refractivity (Wildman–Crippen MR) is 80.8 cm³/mol. The molecule has 0 saturated heterocycles. The molecule has 0 aliphatic rings. The standard InChI is InChI=1S/C17H21NO/c1-12-8-9-16(15(10-12)17(2,3)4)19-14-7-5-6-13(18)11-14/h5-11H,18H2,1-4H3. The number of nitrogens with two attached hydrogens (primary N) is 1. The second-order valence-corrected chi connectivity index (χ2v) is 5.92. The Morgan fingerprint density at radius 3 is 2.37 bits per heavy atom. The minimum Gasteiger partial charge on any atom is -0.457 e. The van der Waals surface area contributed by atoms with E-state index in [0.717, 1.165) is 11.5 Å². The summed E-state index contributed by atoms with van der Waals surface area (Å²) in [5.74, 6) is 1.66. The van der Waals surface area contributed by atoms with E-state index in [4.69, 9.17) is 10.5 Å². The van der Waals surface area contributed by atoms with Crippen molar-refractivity contribution in [1.82, 2.24) is 0 Å². The maximum absolute atomic E-state index is 5.99. The van der Waals surface area contributed by atoms with E-state index >= 15 is 0 Å². The summed E-state index contributed by atoms with van der Waals surface area (Å²) in [7, 11) is 0. The van der Waals surface area contributed by atoms with Crippen molar-refractivity contribution in [3.63, 3.8) is 0 Å². The summed E-state index contributed by atoms with van der Waals surface area (Å²) in [6, 6.07) is 13.8. The fourth-order valence-electron chi connectivity index (χ4n) is 2.02. The Hall–Kier alpha value is -1.96. The first-order chi connectivity index (χ1) is 8.86. The molecule has 0 bridgehead atoms. The molecule has 0 atom stereocenters. The zero-order valence-corrected chi connectivity index (χ0v) is 12.0. The van der Waals surface area contributed by atoms with Crippen LogP contribution < -0.4 is 10.5 Å². The number of hydrogen-bond donors (Lipinski definition) is 1. The van der Waals surface area contributed by atoms with Gasteiger partial charge in [-0.1, -0.05) is 44.5 Å². The molecule has 100 valence electrons. The third-order valence-corrected chi connectivity index (χ3v) is 3.03. The molecule has 0 saturated carbocycles. The number of anilines is 1. The monoisotopic (exact) mass is 255 g/mol. The Morgan fingerprint density at radius 2 is 1.74 bits per heavy atom. The van der Waals surface area contributed by atoms with Crippen molar-refractivity contribution in [2.45, 2.75) is 33.1 Å². The molecule has 0 spiro atoms. The Bertz CT molecular complexity index is 582. The molecule has 0 unspecified atom stereocenters. The molecule has 2 nitrogen and oxygen atoms in total. The molecule has 0 aliphatic heterocycles. The normalized spacial score (nSPS) is 11.4. The summed E-state index contributed by atoms with van der Waals surface area (Å²) in [5, 5.41) is 0. The predicted octanol–water partition coefficient (Wildman–Crippen LogP) is 4.67. The molecule has 0 amide bonds. The zero-order chi connectivity index (χ0) is 14.0. The highest BCUT2D eigenvalue weighted by Crippen LogP contribution is 2.35. The summed E-state index contributed by atoms with van der Waals surface area (Å²) in [6.07, 6.45) is 0. The zero-order valence-electron chi connectivity index (χ0n) is 12.0. The molecule has 2 N–H and O–H groups in total. The average Bonchev–Trinajstić information content (AvgIpc) is 2.30. The fraction of sp³-hybridized carbons (Fsp3) is 0.294. The highest BCUT2D eigenvalue weighted by molar-refractivity contribution is 5.48. The summed E-state index contributed by atoms with van der Waals surface area (Å²) in [4.78, 5) is 0. The van der Waals surface area contributed by atoms with Crippen LogP contribution in [0, 0.1) is 6.92 Å². The van der Waals surface area contributed by atoms with Gasteiger partial charge in [0.2, 0.25) is 0 Å². The van der Waals surface area contributed by atoms with Crippen LogP contribution in [0.2, 0.25) is 0 Å². The van der Waals surface area contributed by atoms with Gasteiger partial charge in [-0.3, -0.25) is 0 Å². The van der Waals surface area contributed by atoms with E-state index in [1.165, 1.54) is 11.1 Å². The van der Waals surface area contributed by atoms with Gasteiger partial charge in [0.05, 0.1) is 0 Å². The molecule has 0 aliphatic carbocycles. The topological polar surface area (TPSA) is 35.2 Å². The van der Waals surface area contributed by atoms with Gasteiger partial charge in [-0.05, 0) is 30.5 Å². The number of hydrogen-bond acceptors (Lipinski definition) is 2. The van der Waals surface area contributed by atoms with Crippen LogP contribution in [0.4, 0.5) is 5.69 Å². The molecule has 19 heavy (non-hydrogen) atoms. The molecule has 2 aromatic rings. The van der Waals surface area contributed by atoms with Crippen LogP contribution in [0.1, 0.15) is 31.9 Å². The Kier molecular flexibility index (Phi) is 3.52. The van der Waals surface area contributed by atoms with Gasteiger partial charge in [0.1, 0.15) is 11.5 Å². The number of ether oxygens (including phenoxy) is 1. The molecule has 2 aromatic carbocycles. The largest absolute Gasteiger partial charge is 0.457 e. The van der Waals surface area contributed by atoms with Gasteiger partial charge in [-0.2, -0.15) is 0 Å². The van der Waals surface area contributed by atoms with Crippen LogP contribution in [0.5, 0.6) is 11.5 Å². The molecule has 0 radical (unpaired) electrons. The molecular weight excluding hydrogens is 234 g/mol. The summed E-state index contributed by atoms with van der Waals surface area (Å²) in [6.45, 7) is 8.66. The molecule has 2 heteroatoms. The third kappa shape index (κ3) is 3.28. The van der Waals surface area contributed by atoms with E-state index in [1.54, 1.807) is 0 Å². The first-order valence-corrected chi connectivity index (χ1v) is 6.51. The summed E-state index contributed by atoms with van der Waals surface area (Å²) < 4.78 is 5.99. The smallest absolute Gasteiger partial charge is 0.131 e. The minimum absolute atomic E-state index is 0.0433. The van der Waals surface area contributed by atoms with Crippen LogP contribution in [0.25, 0.3) is 0 Å². The SMILES string of the molecule is Cc1ccc(Oc2cccc(N)c2)c(C(C)(C)C)c1. The Balaban J connectivity index is 2.40. The van der Waals surface area contributed by atoms with E-state index in [2.05, 4.69) is 39.8 Å². The number of nitrogen functional groups attached to an aromatic ring is 1. The van der Waals surface area contributed by atoms with Crippen LogP contribution in [0.15, 0.2) is 42.5 Å². The molecule has 0 fully saturated rings. The first kappa shape index (κ1) is 13.5. The van der Waals surface area contributed by atoms with Crippen molar-refractivity contribution >= 4 is 5.69 Å². The van der Waals surface area contributed by atoms with E-state index in [9.17, 15) is 0 Å². The fourth-order valence-corrected chi connectivity index (χ4v) is 2.02. The third-order valence-electron chi connectivity index (χ3n) is 3.03. The van der Waals surface area contributed by atoms with Crippen molar-refractivity contribution in [1.29, 1.82) is 0 Å². The van der Waals surface area contributed by atoms with Crippen LogP contribution in [-0.2, 0) is 5.41 Å². The van der Waals surface area contributed by atoms with Gasteiger partial charge in [0.25, 0.3) is 0 Å². The lowest BCUT2D eigenvalue weighted by Crippen LogP contribution is -2.12. The highest BCUT2D eigenvalue weighted by atomic mass is 16.5. The lowest BCUT2D eigenvalue weighted by Gasteiger charge is -2.23. The van der Waals surface area contributed by atoms with Crippen molar-refractivity contribution in [2.24, 2.45) is 0 Å².